The van der Waals surface area contributed by atoms with Gasteiger partial charge in [-0.05, 0) is 122 Å². The van der Waals surface area contributed by atoms with Gasteiger partial charge in [0.25, 0.3) is 0 Å². The van der Waals surface area contributed by atoms with Gasteiger partial charge in [0.15, 0.2) is 0 Å². The maximum atomic E-state index is 7.09. The van der Waals surface area contributed by atoms with Crippen LogP contribution in [0.5, 0.6) is 0 Å². The van der Waals surface area contributed by atoms with E-state index in [9.17, 15) is 0 Å². The normalized spacial score (nSPS) is 14.5. The van der Waals surface area contributed by atoms with Crippen LogP contribution in [0.1, 0.15) is 54.4 Å². The summed E-state index contributed by atoms with van der Waals surface area (Å²) in [4.78, 5) is 1.06. The van der Waals surface area contributed by atoms with Crippen molar-refractivity contribution in [2.24, 2.45) is 10.1 Å². The van der Waals surface area contributed by atoms with Crippen molar-refractivity contribution in [2.75, 3.05) is 0 Å². The number of nitrogens with zero attached hydrogens (tertiary/aromatic N) is 1. The molecule has 8 aromatic rings. The second-order valence-electron chi connectivity index (χ2n) is 16.1. The van der Waals surface area contributed by atoms with Crippen LogP contribution in [0.25, 0.3) is 61.3 Å². The molecular weight excluding hydrogens is 745 g/mol. The zero-order valence-corrected chi connectivity index (χ0v) is 34.4. The van der Waals surface area contributed by atoms with Crippen molar-refractivity contribution < 1.29 is 0 Å². The Hall–Kier alpha value is -6.68. The second-order valence-corrected chi connectivity index (χ2v) is 16.9. The molecule has 10 rings (SSSR count). The summed E-state index contributed by atoms with van der Waals surface area (Å²) in [6.07, 6.45) is 8.40. The molecule has 0 radical (unpaired) electrons. The van der Waals surface area contributed by atoms with Crippen LogP contribution in [0.3, 0.4) is 0 Å². The lowest BCUT2D eigenvalue weighted by molar-refractivity contribution is 0.353. The molecule has 2 aliphatic rings. The van der Waals surface area contributed by atoms with E-state index in [1.165, 1.54) is 88.6 Å². The van der Waals surface area contributed by atoms with E-state index in [2.05, 4.69) is 182 Å². The van der Waals surface area contributed by atoms with Gasteiger partial charge in [-0.15, -0.1) is 0 Å². The Balaban J connectivity index is 1.02. The van der Waals surface area contributed by atoms with Crippen LogP contribution in [0.2, 0.25) is 0 Å². The summed E-state index contributed by atoms with van der Waals surface area (Å²) in [5.41, 5.74) is 26.0. The fraction of sp³-hybridized carbons (Fsp3) is 0.105. The maximum absolute atomic E-state index is 7.09. The molecule has 0 unspecified atom stereocenters. The molecule has 0 saturated heterocycles. The molecule has 290 valence electrons. The van der Waals surface area contributed by atoms with Gasteiger partial charge in [0, 0.05) is 33.5 Å². The molecule has 60 heavy (non-hydrogen) atoms. The van der Waals surface area contributed by atoms with E-state index in [-0.39, 0.29) is 5.41 Å². The van der Waals surface area contributed by atoms with Crippen molar-refractivity contribution in [1.82, 2.24) is 0 Å². The SMILES string of the molecule is N/C(=C\C(=NSc1ccccc1)c1ccc(-c2ccccc2)c(-c2ccccc2)c1)c1cccc(-c2cccc(-c3cccc4c3-c3ccccc3C43CCCCC3)c2)c1. The van der Waals surface area contributed by atoms with Crippen LogP contribution >= 0.6 is 11.9 Å². The molecule has 1 saturated carbocycles. The Morgan fingerprint density at radius 3 is 1.80 bits per heavy atom. The zero-order chi connectivity index (χ0) is 40.3. The van der Waals surface area contributed by atoms with Gasteiger partial charge >= 0.3 is 0 Å². The molecule has 0 atom stereocenters. The van der Waals surface area contributed by atoms with Crippen LogP contribution in [-0.4, -0.2) is 5.71 Å². The van der Waals surface area contributed by atoms with E-state index in [0.29, 0.717) is 5.70 Å². The van der Waals surface area contributed by atoms with Crippen molar-refractivity contribution in [3.05, 3.63) is 229 Å². The standard InChI is InChI=1S/C57H46N2S/c58-54(39-55(59-60-47-26-9-3-10-27-47)46-32-33-48(40-18-5-1-6-19-40)51(38-46)41-20-7-2-8-21-41)45-25-16-23-43(37-45)42-22-15-24-44(36-42)49-29-17-31-53-56(49)50-28-11-12-30-52(50)57(53)34-13-4-14-35-57/h1-3,5-12,15-33,36-39H,4,13-14,34-35,58H2/b54-39-,59-55?. The van der Waals surface area contributed by atoms with Gasteiger partial charge in [0.1, 0.15) is 0 Å². The molecule has 3 heteroatoms. The molecule has 1 fully saturated rings. The summed E-state index contributed by atoms with van der Waals surface area (Å²) in [7, 11) is 0. The third-order valence-electron chi connectivity index (χ3n) is 12.5. The van der Waals surface area contributed by atoms with Gasteiger partial charge < -0.3 is 5.73 Å². The number of hydrogen-bond acceptors (Lipinski definition) is 3. The minimum atomic E-state index is 0.130. The third kappa shape index (κ3) is 7.20. The molecule has 0 aromatic heterocycles. The first-order valence-corrected chi connectivity index (χ1v) is 21.9. The van der Waals surface area contributed by atoms with E-state index in [1.54, 1.807) is 0 Å². The Bertz CT molecular complexity index is 2870. The minimum absolute atomic E-state index is 0.130. The monoisotopic (exact) mass is 790 g/mol. The fourth-order valence-corrected chi connectivity index (χ4v) is 10.2. The van der Waals surface area contributed by atoms with Crippen molar-refractivity contribution in [2.45, 2.75) is 42.4 Å². The predicted octanol–water partition coefficient (Wildman–Crippen LogP) is 15.1. The van der Waals surface area contributed by atoms with E-state index in [1.807, 2.05) is 24.3 Å². The molecule has 0 bridgehead atoms. The van der Waals surface area contributed by atoms with Crippen LogP contribution in [0, 0.1) is 0 Å². The van der Waals surface area contributed by atoms with Crippen molar-refractivity contribution >= 4 is 23.4 Å². The van der Waals surface area contributed by atoms with Gasteiger partial charge in [-0.25, -0.2) is 4.40 Å². The number of hydrogen-bond donors (Lipinski definition) is 1. The Kier molecular flexibility index (Phi) is 10.3. The third-order valence-corrected chi connectivity index (χ3v) is 13.2. The lowest BCUT2D eigenvalue weighted by Crippen LogP contribution is -2.27. The number of rotatable bonds is 9. The molecule has 1 spiro atoms. The smallest absolute Gasteiger partial charge is 0.0810 e. The van der Waals surface area contributed by atoms with Crippen molar-refractivity contribution in [3.8, 4) is 55.6 Å². The summed E-state index contributed by atoms with van der Waals surface area (Å²) >= 11 is 1.46. The number of allylic oxidation sites excluding steroid dienone is 1. The largest absolute Gasteiger partial charge is 0.398 e. The van der Waals surface area contributed by atoms with Crippen molar-refractivity contribution in [1.29, 1.82) is 0 Å². The van der Waals surface area contributed by atoms with Crippen LogP contribution in [0.4, 0.5) is 0 Å². The first-order valence-electron chi connectivity index (χ1n) is 21.1. The van der Waals surface area contributed by atoms with E-state index < -0.39 is 0 Å². The van der Waals surface area contributed by atoms with Gasteiger partial charge in [-0.1, -0.05) is 189 Å². The highest BCUT2D eigenvalue weighted by Gasteiger charge is 2.44. The van der Waals surface area contributed by atoms with E-state index in [4.69, 9.17) is 10.1 Å². The van der Waals surface area contributed by atoms with Gasteiger partial charge in [-0.3, -0.25) is 0 Å². The van der Waals surface area contributed by atoms with Crippen LogP contribution < -0.4 is 5.73 Å². The quantitative estimate of drug-likeness (QED) is 0.117. The highest BCUT2D eigenvalue weighted by Crippen LogP contribution is 2.57. The van der Waals surface area contributed by atoms with E-state index in [0.717, 1.165) is 44.0 Å². The van der Waals surface area contributed by atoms with E-state index >= 15 is 0 Å². The summed E-state index contributed by atoms with van der Waals surface area (Å²) in [6.45, 7) is 0. The maximum Gasteiger partial charge on any atom is 0.0810 e. The topological polar surface area (TPSA) is 38.4 Å². The van der Waals surface area contributed by atoms with Crippen molar-refractivity contribution in [3.63, 3.8) is 0 Å². The van der Waals surface area contributed by atoms with Crippen LogP contribution in [-0.2, 0) is 5.41 Å². The Morgan fingerprint density at radius 2 is 1.03 bits per heavy atom. The summed E-state index contributed by atoms with van der Waals surface area (Å²) < 4.78 is 5.15. The minimum Gasteiger partial charge on any atom is -0.398 e. The number of fused-ring (bicyclic) bond motifs is 5. The first-order chi connectivity index (χ1) is 29.6. The molecule has 0 heterocycles. The predicted molar refractivity (Wildman–Crippen MR) is 255 cm³/mol. The van der Waals surface area contributed by atoms with Gasteiger partial charge in [0.05, 0.1) is 5.71 Å². The first kappa shape index (κ1) is 37.6. The Labute approximate surface area is 358 Å². The highest BCUT2D eigenvalue weighted by atomic mass is 32.2. The lowest BCUT2D eigenvalue weighted by Gasteiger charge is -2.36. The molecule has 8 aromatic carbocycles. The van der Waals surface area contributed by atoms with Gasteiger partial charge in [0.2, 0.25) is 0 Å². The second kappa shape index (κ2) is 16.5. The fourth-order valence-electron chi connectivity index (χ4n) is 9.59. The number of benzene rings is 8. The zero-order valence-electron chi connectivity index (χ0n) is 33.6. The average molecular weight is 791 g/mol. The summed E-state index contributed by atoms with van der Waals surface area (Å²) in [6, 6.07) is 71.9. The molecule has 2 aliphatic carbocycles. The van der Waals surface area contributed by atoms with Gasteiger partial charge in [-0.2, -0.15) is 0 Å². The summed E-state index contributed by atoms with van der Waals surface area (Å²) in [5.74, 6) is 0. The van der Waals surface area contributed by atoms with Crippen LogP contribution in [0.15, 0.2) is 216 Å². The summed E-state index contributed by atoms with van der Waals surface area (Å²) in [5, 5.41) is 0. The molecule has 2 nitrogen and oxygen atoms in total. The highest BCUT2D eigenvalue weighted by molar-refractivity contribution is 7.98. The Morgan fingerprint density at radius 1 is 0.450 bits per heavy atom. The average Bonchev–Trinajstić information content (AvgIpc) is 3.59. The molecule has 0 aliphatic heterocycles. The molecule has 2 N–H and O–H groups in total. The molecular formula is C57H46N2S. The number of nitrogens with two attached hydrogens (primary N) is 1. The lowest BCUT2D eigenvalue weighted by atomic mass is 9.68. The molecule has 0 amide bonds.